The van der Waals surface area contributed by atoms with Crippen molar-refractivity contribution in [3.05, 3.63) is 0 Å². The van der Waals surface area contributed by atoms with E-state index in [9.17, 15) is 19.2 Å². The van der Waals surface area contributed by atoms with Gasteiger partial charge < -0.3 is 23.7 Å². The number of ketones is 1. The fraction of sp³-hybridized carbons (Fsp3) is 0.750. The molecule has 5 heterocycles. The first kappa shape index (κ1) is 16.3. The Kier molecular flexibility index (Phi) is 3.20. The van der Waals surface area contributed by atoms with Gasteiger partial charge in [-0.3, -0.25) is 19.2 Å². The number of amides is 2. The van der Waals surface area contributed by atoms with Gasteiger partial charge in [0.05, 0.1) is 30.5 Å². The van der Waals surface area contributed by atoms with Crippen molar-refractivity contribution in [3.63, 3.8) is 0 Å². The number of hydrogen-bond acceptors (Lipinski definition) is 9. The zero-order chi connectivity index (χ0) is 18.4. The van der Waals surface area contributed by atoms with Gasteiger partial charge in [-0.2, -0.15) is 0 Å². The van der Waals surface area contributed by atoms with Crippen LogP contribution < -0.4 is 0 Å². The summed E-state index contributed by atoms with van der Waals surface area (Å²) in [5, 5.41) is 0. The molecule has 0 radical (unpaired) electrons. The number of carbonyl (C=O) groups is 4. The van der Waals surface area contributed by atoms with E-state index in [0.717, 1.165) is 4.90 Å². The number of carbonyl (C=O) groups excluding carboxylic acids is 4. The lowest BCUT2D eigenvalue weighted by molar-refractivity contribution is -0.330. The Morgan fingerprint density at radius 1 is 0.962 bits per heavy atom. The molecule has 2 bridgehead atoms. The molecule has 5 rings (SSSR count). The monoisotopic (exact) mass is 367 g/mol. The lowest BCUT2D eigenvalue weighted by atomic mass is 9.78. The van der Waals surface area contributed by atoms with Crippen LogP contribution in [-0.4, -0.2) is 72.2 Å². The highest BCUT2D eigenvalue weighted by atomic mass is 16.9. The fourth-order valence-electron chi connectivity index (χ4n) is 4.63. The number of fused-ring (bicyclic) bond motifs is 8. The molecule has 5 fully saturated rings. The van der Waals surface area contributed by atoms with Crippen LogP contribution in [0.15, 0.2) is 0 Å². The largest absolute Gasteiger partial charge is 0.433 e. The number of likely N-dealkylation sites (tertiary alicyclic amines) is 1. The fourth-order valence-corrected chi connectivity index (χ4v) is 4.63. The molecule has 0 N–H and O–H groups in total. The van der Waals surface area contributed by atoms with Crippen LogP contribution in [0.1, 0.15) is 19.8 Å². The van der Waals surface area contributed by atoms with E-state index in [0.29, 0.717) is 0 Å². The minimum absolute atomic E-state index is 0.0474. The molecule has 5 saturated heterocycles. The van der Waals surface area contributed by atoms with Crippen molar-refractivity contribution < 1.29 is 42.9 Å². The number of esters is 1. The lowest BCUT2D eigenvalue weighted by Crippen LogP contribution is -2.51. The number of methoxy groups -OCH3 is 1. The molecule has 8 atom stereocenters. The molecule has 0 aromatic rings. The zero-order valence-electron chi connectivity index (χ0n) is 14.1. The molecule has 0 spiro atoms. The van der Waals surface area contributed by atoms with Gasteiger partial charge >= 0.3 is 5.97 Å². The number of rotatable bonds is 2. The van der Waals surface area contributed by atoms with Crippen LogP contribution in [0.5, 0.6) is 0 Å². The normalized spacial score (nSPS) is 49.6. The van der Waals surface area contributed by atoms with E-state index >= 15 is 0 Å². The first-order valence-electron chi connectivity index (χ1n) is 8.50. The molecule has 140 valence electrons. The van der Waals surface area contributed by atoms with Gasteiger partial charge in [0, 0.05) is 20.5 Å². The molecule has 2 unspecified atom stereocenters. The summed E-state index contributed by atoms with van der Waals surface area (Å²) in [6.07, 6.45) is -4.03. The van der Waals surface area contributed by atoms with E-state index in [4.69, 9.17) is 23.7 Å². The topological polar surface area (TPSA) is 118 Å². The molecule has 10 nitrogen and oxygen atoms in total. The Morgan fingerprint density at radius 3 is 2.08 bits per heavy atom. The maximum Gasteiger partial charge on any atom is 0.308 e. The predicted molar refractivity (Wildman–Crippen MR) is 76.8 cm³/mol. The molecule has 0 saturated carbocycles. The molecule has 0 aromatic heterocycles. The van der Waals surface area contributed by atoms with Crippen LogP contribution >= 0.6 is 0 Å². The third-order valence-corrected chi connectivity index (χ3v) is 5.83. The van der Waals surface area contributed by atoms with E-state index in [1.807, 2.05) is 0 Å². The van der Waals surface area contributed by atoms with Crippen LogP contribution in [0.4, 0.5) is 0 Å². The van der Waals surface area contributed by atoms with E-state index in [-0.39, 0.29) is 12.8 Å². The van der Waals surface area contributed by atoms with Crippen LogP contribution in [0, 0.1) is 11.8 Å². The maximum atomic E-state index is 12.9. The van der Waals surface area contributed by atoms with E-state index in [2.05, 4.69) is 0 Å². The molecule has 5 aliphatic heterocycles. The molecule has 0 aliphatic carbocycles. The Balaban J connectivity index is 1.45. The van der Waals surface area contributed by atoms with Gasteiger partial charge in [-0.25, -0.2) is 4.90 Å². The minimum atomic E-state index is -1.48. The number of imide groups is 1. The van der Waals surface area contributed by atoms with Gasteiger partial charge in [-0.05, 0) is 0 Å². The molecule has 0 aromatic carbocycles. The summed E-state index contributed by atoms with van der Waals surface area (Å²) >= 11 is 0. The second-order valence-corrected chi connectivity index (χ2v) is 7.20. The molecule has 5 aliphatic rings. The number of ether oxygens (including phenoxy) is 5. The molecular formula is C16H17NO9. The highest BCUT2D eigenvalue weighted by Gasteiger charge is 2.74. The van der Waals surface area contributed by atoms with Crippen molar-refractivity contribution in [2.75, 3.05) is 7.11 Å². The van der Waals surface area contributed by atoms with Crippen molar-refractivity contribution in [2.45, 2.75) is 56.4 Å². The molecular weight excluding hydrogens is 350 g/mol. The first-order valence-corrected chi connectivity index (χ1v) is 8.50. The quantitative estimate of drug-likeness (QED) is 0.434. The molecule has 26 heavy (non-hydrogen) atoms. The van der Waals surface area contributed by atoms with E-state index < -0.39 is 72.0 Å². The Morgan fingerprint density at radius 2 is 1.54 bits per heavy atom. The van der Waals surface area contributed by atoms with Crippen LogP contribution in [0.2, 0.25) is 0 Å². The highest BCUT2D eigenvalue weighted by Crippen LogP contribution is 2.54. The van der Waals surface area contributed by atoms with Gasteiger partial charge in [0.2, 0.25) is 18.0 Å². The number of cyclic esters (lactones) is 1. The third-order valence-electron chi connectivity index (χ3n) is 5.83. The first-order chi connectivity index (χ1) is 12.3. The van der Waals surface area contributed by atoms with Crippen LogP contribution in [-0.2, 0) is 42.9 Å². The summed E-state index contributed by atoms with van der Waals surface area (Å²) in [6, 6.07) is 0. The summed E-state index contributed by atoms with van der Waals surface area (Å²) in [5.41, 5.74) is 0. The Labute approximate surface area is 147 Å². The van der Waals surface area contributed by atoms with Gasteiger partial charge in [0.1, 0.15) is 12.2 Å². The second kappa shape index (κ2) is 5.10. The van der Waals surface area contributed by atoms with Crippen molar-refractivity contribution in [2.24, 2.45) is 11.8 Å². The maximum absolute atomic E-state index is 12.9. The number of Topliss-reactive ketones (excluding diaryl/α,β-unsaturated/α-hetero) is 1. The summed E-state index contributed by atoms with van der Waals surface area (Å²) in [5.74, 6) is -5.04. The Bertz CT molecular complexity index is 699. The third kappa shape index (κ3) is 1.90. The smallest absolute Gasteiger partial charge is 0.308 e. The summed E-state index contributed by atoms with van der Waals surface area (Å²) in [7, 11) is 1.44. The summed E-state index contributed by atoms with van der Waals surface area (Å²) in [4.78, 5) is 50.3. The average molecular weight is 367 g/mol. The van der Waals surface area contributed by atoms with Crippen molar-refractivity contribution in [1.29, 1.82) is 0 Å². The standard InChI is InChI=1S/C16H17NO9/c1-16(22-2)25-11-9-7-8(10(24-9)12(11)26-16)14(21)17(13(7)20)15-5(18)3-4-6(19)23-15/h7-12,15H,3-4H2,1-2H3/t7-,8+,9-,10-,11-,12-,15?,16?/m1/s1. The van der Waals surface area contributed by atoms with Gasteiger partial charge in [-0.1, -0.05) is 0 Å². The zero-order valence-corrected chi connectivity index (χ0v) is 14.1. The van der Waals surface area contributed by atoms with Gasteiger partial charge in [0.25, 0.3) is 5.97 Å². The van der Waals surface area contributed by atoms with E-state index in [1.165, 1.54) is 7.11 Å². The predicted octanol–water partition coefficient (Wildman–Crippen LogP) is -1.30. The van der Waals surface area contributed by atoms with Crippen LogP contribution in [0.3, 0.4) is 0 Å². The second-order valence-electron chi connectivity index (χ2n) is 7.20. The highest BCUT2D eigenvalue weighted by molar-refractivity contribution is 6.10. The van der Waals surface area contributed by atoms with Crippen LogP contribution in [0.25, 0.3) is 0 Å². The van der Waals surface area contributed by atoms with Gasteiger partial charge in [0.15, 0.2) is 5.78 Å². The van der Waals surface area contributed by atoms with Gasteiger partial charge in [-0.15, -0.1) is 0 Å². The number of nitrogens with zero attached hydrogens (tertiary/aromatic N) is 1. The van der Waals surface area contributed by atoms with E-state index in [1.54, 1.807) is 6.92 Å². The van der Waals surface area contributed by atoms with Crippen molar-refractivity contribution in [1.82, 2.24) is 4.90 Å². The Hall–Kier alpha value is -1.88. The minimum Gasteiger partial charge on any atom is -0.433 e. The SMILES string of the molecule is COC1(C)O[C@H]2[C@H](O1)[C@@H]1O[C@@H]2[C@H]2C(=O)N(C3OC(=O)CCC3=O)C(=O)[C@@H]12. The average Bonchev–Trinajstić information content (AvgIpc) is 3.30. The molecule has 10 heteroatoms. The lowest BCUT2D eigenvalue weighted by Gasteiger charge is -2.29. The summed E-state index contributed by atoms with van der Waals surface area (Å²) in [6.45, 7) is 1.61. The summed E-state index contributed by atoms with van der Waals surface area (Å²) < 4.78 is 27.5. The number of hydrogen-bond donors (Lipinski definition) is 0. The van der Waals surface area contributed by atoms with Crippen molar-refractivity contribution >= 4 is 23.6 Å². The molecule has 2 amide bonds. The van der Waals surface area contributed by atoms with Crippen molar-refractivity contribution in [3.8, 4) is 0 Å².